The Morgan fingerprint density at radius 1 is 1.17 bits per heavy atom. The second-order valence-corrected chi connectivity index (χ2v) is 11.2. The zero-order valence-corrected chi connectivity index (χ0v) is 20.0. The van der Waals surface area contributed by atoms with E-state index in [1.165, 1.54) is 29.2 Å². The molecule has 0 saturated carbocycles. The Morgan fingerprint density at radius 3 is 2.39 bits per heavy atom. The predicted molar refractivity (Wildman–Crippen MR) is 120 cm³/mol. The summed E-state index contributed by atoms with van der Waals surface area (Å²) in [6.07, 6.45) is -3.40. The van der Waals surface area contributed by atoms with Gasteiger partial charge in [0.15, 0.2) is 9.84 Å². The number of hydrogen-bond donors (Lipinski definition) is 1. The Balaban J connectivity index is 1.84. The van der Waals surface area contributed by atoms with Crippen molar-refractivity contribution in [2.24, 2.45) is 11.7 Å². The van der Waals surface area contributed by atoms with Crippen LogP contribution < -0.4 is 5.73 Å². The van der Waals surface area contributed by atoms with Gasteiger partial charge in [-0.1, -0.05) is 12.1 Å². The summed E-state index contributed by atoms with van der Waals surface area (Å²) in [5.74, 6) is -4.34. The predicted octanol–water partition coefficient (Wildman–Crippen LogP) is 3.14. The van der Waals surface area contributed by atoms with Crippen molar-refractivity contribution in [1.29, 1.82) is 0 Å². The highest BCUT2D eigenvalue weighted by atomic mass is 32.2. The summed E-state index contributed by atoms with van der Waals surface area (Å²) in [4.78, 5) is 27.8. The summed E-state index contributed by atoms with van der Waals surface area (Å²) in [5, 5.41) is 0. The lowest BCUT2D eigenvalue weighted by molar-refractivity contribution is -0.138. The normalized spacial score (nSPS) is 21.8. The van der Waals surface area contributed by atoms with Gasteiger partial charge in [-0.15, -0.1) is 0 Å². The summed E-state index contributed by atoms with van der Waals surface area (Å²) in [6.45, 7) is 0.273. The van der Waals surface area contributed by atoms with Crippen molar-refractivity contribution in [3.63, 3.8) is 0 Å². The van der Waals surface area contributed by atoms with Crippen LogP contribution in [-0.4, -0.2) is 56.7 Å². The Kier molecular flexibility index (Phi) is 6.63. The van der Waals surface area contributed by atoms with Gasteiger partial charge >= 0.3 is 6.18 Å². The molecule has 2 N–H and O–H groups in total. The van der Waals surface area contributed by atoms with Gasteiger partial charge in [0, 0.05) is 30.2 Å². The van der Waals surface area contributed by atoms with Crippen LogP contribution in [0, 0.1) is 11.7 Å². The lowest BCUT2D eigenvalue weighted by atomic mass is 9.68. The Morgan fingerprint density at radius 2 is 1.86 bits per heavy atom. The van der Waals surface area contributed by atoms with Crippen molar-refractivity contribution in [2.45, 2.75) is 35.4 Å². The maximum atomic E-state index is 15.2. The molecule has 12 heteroatoms. The number of nitrogens with zero attached hydrogens (tertiary/aromatic N) is 1. The van der Waals surface area contributed by atoms with E-state index in [4.69, 9.17) is 10.5 Å². The largest absolute Gasteiger partial charge is 0.416 e. The molecule has 0 bridgehead atoms. The van der Waals surface area contributed by atoms with Gasteiger partial charge in [0.2, 0.25) is 5.91 Å². The number of carbonyl (C=O) groups is 2. The van der Waals surface area contributed by atoms with Crippen LogP contribution in [0.5, 0.6) is 0 Å². The van der Waals surface area contributed by atoms with Crippen molar-refractivity contribution in [2.75, 3.05) is 26.0 Å². The average molecular weight is 529 g/mol. The van der Waals surface area contributed by atoms with Crippen LogP contribution >= 0.6 is 0 Å². The zero-order valence-electron chi connectivity index (χ0n) is 19.2. The Hall–Kier alpha value is -2.99. The number of alkyl halides is 3. The van der Waals surface area contributed by atoms with E-state index in [1.54, 1.807) is 0 Å². The van der Waals surface area contributed by atoms with E-state index in [0.29, 0.717) is 12.5 Å². The number of hydrogen-bond acceptors (Lipinski definition) is 5. The number of sulfone groups is 1. The highest BCUT2D eigenvalue weighted by molar-refractivity contribution is 7.90. The Labute approximate surface area is 205 Å². The molecule has 0 unspecified atom stereocenters. The van der Waals surface area contributed by atoms with Gasteiger partial charge < -0.3 is 15.4 Å². The van der Waals surface area contributed by atoms with Crippen LogP contribution in [0.1, 0.15) is 40.2 Å². The molecular weight excluding hydrogens is 504 g/mol. The molecular formula is C24H24F4N2O5S. The zero-order chi connectivity index (χ0) is 26.5. The lowest BCUT2D eigenvalue weighted by Crippen LogP contribution is -2.62. The van der Waals surface area contributed by atoms with E-state index < -0.39 is 56.6 Å². The molecule has 2 amide bonds. The Bertz CT molecular complexity index is 1310. The summed E-state index contributed by atoms with van der Waals surface area (Å²) < 4.78 is 83.9. The fourth-order valence-electron chi connectivity index (χ4n) is 5.18. The number of halogens is 4. The summed E-state index contributed by atoms with van der Waals surface area (Å²) >= 11 is 0. The maximum Gasteiger partial charge on any atom is 0.416 e. The van der Waals surface area contributed by atoms with Crippen LogP contribution in [0.25, 0.3) is 0 Å². The van der Waals surface area contributed by atoms with Crippen molar-refractivity contribution in [3.05, 3.63) is 65.0 Å². The smallest absolute Gasteiger partial charge is 0.381 e. The molecule has 0 radical (unpaired) electrons. The molecule has 7 nitrogen and oxygen atoms in total. The summed E-state index contributed by atoms with van der Waals surface area (Å²) in [7, 11) is -3.64. The van der Waals surface area contributed by atoms with Crippen LogP contribution in [-0.2, 0) is 25.5 Å². The second kappa shape index (κ2) is 9.15. The van der Waals surface area contributed by atoms with Crippen molar-refractivity contribution >= 4 is 21.7 Å². The lowest BCUT2D eigenvalue weighted by Gasteiger charge is -2.47. The minimum Gasteiger partial charge on any atom is -0.381 e. The first-order chi connectivity index (χ1) is 16.8. The highest BCUT2D eigenvalue weighted by Gasteiger charge is 2.58. The molecule has 2 aliphatic rings. The van der Waals surface area contributed by atoms with Gasteiger partial charge in [-0.2, -0.15) is 13.2 Å². The second-order valence-electron chi connectivity index (χ2n) is 9.16. The van der Waals surface area contributed by atoms with Gasteiger partial charge in [-0.25, -0.2) is 12.8 Å². The molecule has 2 heterocycles. The minimum atomic E-state index is -4.77. The number of nitrogens with two attached hydrogens (primary N) is 1. The molecule has 0 aliphatic carbocycles. The maximum absolute atomic E-state index is 15.2. The number of benzene rings is 2. The van der Waals surface area contributed by atoms with Crippen molar-refractivity contribution in [1.82, 2.24) is 4.90 Å². The number of likely N-dealkylation sites (tertiary alicyclic amines) is 1. The summed E-state index contributed by atoms with van der Waals surface area (Å²) in [5.41, 5.74) is 2.75. The van der Waals surface area contributed by atoms with Crippen LogP contribution in [0.2, 0.25) is 0 Å². The molecule has 2 atom stereocenters. The number of amides is 2. The summed E-state index contributed by atoms with van der Waals surface area (Å²) in [6, 6.07) is 7.37. The van der Waals surface area contributed by atoms with E-state index in [9.17, 15) is 31.2 Å². The van der Waals surface area contributed by atoms with Gasteiger partial charge in [0.25, 0.3) is 5.91 Å². The first kappa shape index (κ1) is 26.1. The fourth-order valence-corrected chi connectivity index (χ4v) is 5.84. The van der Waals surface area contributed by atoms with Crippen LogP contribution in [0.4, 0.5) is 17.6 Å². The third kappa shape index (κ3) is 4.47. The molecule has 36 heavy (non-hydrogen) atoms. The monoisotopic (exact) mass is 528 g/mol. The minimum absolute atomic E-state index is 0.0121. The molecule has 2 saturated heterocycles. The van der Waals surface area contributed by atoms with E-state index in [2.05, 4.69) is 0 Å². The van der Waals surface area contributed by atoms with Crippen LogP contribution in [0.3, 0.4) is 0 Å². The van der Waals surface area contributed by atoms with Crippen molar-refractivity contribution in [3.8, 4) is 0 Å². The van der Waals surface area contributed by atoms with Gasteiger partial charge in [0.1, 0.15) is 11.4 Å². The molecule has 194 valence electrons. The number of primary amides is 1. The number of rotatable bonds is 6. The quantitative estimate of drug-likeness (QED) is 0.580. The molecule has 2 fully saturated rings. The standard InChI is InChI=1S/C24H24F4N2O5S/c1-36(33,34)17-5-2-4-14(10-17)21(31)30-9-3-8-23(30,22(29)32)20(15-12-35-13-15)18-7-6-16(11-19(18)25)24(26,27)28/h2,4-7,10-11,15,20H,3,8-9,12-13H2,1H3,(H2,29,32)/t20-,23+/m1/s1. The first-order valence-electron chi connectivity index (χ1n) is 11.1. The van der Waals surface area contributed by atoms with Gasteiger partial charge in [-0.3, -0.25) is 9.59 Å². The number of ether oxygens (including phenoxy) is 1. The van der Waals surface area contributed by atoms with E-state index >= 15 is 4.39 Å². The van der Waals surface area contributed by atoms with E-state index in [1.807, 2.05) is 0 Å². The SMILES string of the molecule is CS(=O)(=O)c1cccc(C(=O)N2CCC[C@@]2(C(N)=O)[C@@H](c2ccc(C(F)(F)F)cc2F)C2COC2)c1. The molecule has 0 aromatic heterocycles. The molecule has 2 aromatic rings. The van der Waals surface area contributed by atoms with Crippen LogP contribution in [0.15, 0.2) is 47.4 Å². The fraction of sp³-hybridized carbons (Fsp3) is 0.417. The molecule has 4 rings (SSSR count). The molecule has 0 spiro atoms. The van der Waals surface area contributed by atoms with E-state index in [0.717, 1.165) is 18.4 Å². The third-order valence-electron chi connectivity index (χ3n) is 6.91. The molecule has 2 aliphatic heterocycles. The topological polar surface area (TPSA) is 107 Å². The van der Waals surface area contributed by atoms with Gasteiger partial charge in [0.05, 0.1) is 23.7 Å². The molecule has 2 aromatic carbocycles. The average Bonchev–Trinajstić information content (AvgIpc) is 3.20. The third-order valence-corrected chi connectivity index (χ3v) is 8.03. The highest BCUT2D eigenvalue weighted by Crippen LogP contribution is 2.49. The number of carbonyl (C=O) groups excluding carboxylic acids is 2. The first-order valence-corrected chi connectivity index (χ1v) is 13.0. The van der Waals surface area contributed by atoms with Crippen molar-refractivity contribution < 1.29 is 40.3 Å². The van der Waals surface area contributed by atoms with Gasteiger partial charge in [-0.05, 0) is 48.7 Å². The van der Waals surface area contributed by atoms with E-state index in [-0.39, 0.29) is 42.2 Å².